The zero-order chi connectivity index (χ0) is 27.5. The first kappa shape index (κ1) is 28.3. The third-order valence-corrected chi connectivity index (χ3v) is 6.11. The van der Waals surface area contributed by atoms with Gasteiger partial charge in [-0.2, -0.15) is 0 Å². The molecule has 0 fully saturated rings. The van der Waals surface area contributed by atoms with Gasteiger partial charge in [-0.05, 0) is 37.4 Å². The number of nitrogens with two attached hydrogens (primary N) is 2. The fourth-order valence-corrected chi connectivity index (χ4v) is 4.11. The minimum atomic E-state index is -1.25. The third kappa shape index (κ3) is 7.88. The van der Waals surface area contributed by atoms with Crippen LogP contribution in [0.1, 0.15) is 30.5 Å². The molecule has 3 aromatic rings. The third-order valence-electron chi connectivity index (χ3n) is 6.11. The fraction of sp³-hybridized carbons (Fsp3) is 0.400. The Morgan fingerprint density at radius 2 is 1.66 bits per heavy atom. The number of aliphatic carboxylic acids is 1. The van der Waals surface area contributed by atoms with E-state index in [1.54, 1.807) is 6.20 Å². The number of nitrogens with zero attached hydrogens (tertiary/aromatic N) is 1. The van der Waals surface area contributed by atoms with Gasteiger partial charge in [-0.15, -0.1) is 0 Å². The molecule has 0 saturated heterocycles. The van der Waals surface area contributed by atoms with Crippen molar-refractivity contribution in [1.82, 2.24) is 30.9 Å². The van der Waals surface area contributed by atoms with E-state index in [1.165, 1.54) is 12.5 Å². The van der Waals surface area contributed by atoms with Gasteiger partial charge in [0.05, 0.1) is 12.9 Å². The number of carboxylic acids is 1. The lowest BCUT2D eigenvalue weighted by molar-refractivity contribution is -0.142. The molecule has 2 aromatic heterocycles. The number of hydrogen-bond acceptors (Lipinski definition) is 7. The topological polar surface area (TPSA) is 221 Å². The van der Waals surface area contributed by atoms with Crippen LogP contribution in [0, 0.1) is 0 Å². The Balaban J connectivity index is 1.76. The van der Waals surface area contributed by atoms with Crippen LogP contribution >= 0.6 is 0 Å². The highest BCUT2D eigenvalue weighted by Gasteiger charge is 2.30. The van der Waals surface area contributed by atoms with Crippen LogP contribution in [0.5, 0.6) is 0 Å². The second kappa shape index (κ2) is 13.9. The van der Waals surface area contributed by atoms with Gasteiger partial charge in [-0.25, -0.2) is 9.78 Å². The van der Waals surface area contributed by atoms with Gasteiger partial charge in [-0.3, -0.25) is 14.4 Å². The smallest absolute Gasteiger partial charge is 0.326 e. The molecule has 13 nitrogen and oxygen atoms in total. The molecule has 0 aliphatic heterocycles. The number of H-pyrrole nitrogens is 2. The number of fused-ring (bicyclic) bond motifs is 1. The van der Waals surface area contributed by atoms with Crippen LogP contribution in [0.3, 0.4) is 0 Å². The molecule has 3 amide bonds. The molecule has 0 spiro atoms. The number of aromatic amines is 2. The van der Waals surface area contributed by atoms with E-state index >= 15 is 0 Å². The van der Waals surface area contributed by atoms with Crippen LogP contribution in [0.25, 0.3) is 10.9 Å². The summed E-state index contributed by atoms with van der Waals surface area (Å²) in [6, 6.07) is 4.12. The van der Waals surface area contributed by atoms with Crippen molar-refractivity contribution in [3.63, 3.8) is 0 Å². The lowest BCUT2D eigenvalue weighted by atomic mass is 10.0. The second-order valence-electron chi connectivity index (χ2n) is 8.91. The SMILES string of the molecule is NCCCCC(NC(=O)CN)C(=O)NC(Cc1cnc[nH]1)C(=O)NC(Cc1c[nH]c2ccccc12)C(=O)O. The predicted molar refractivity (Wildman–Crippen MR) is 140 cm³/mol. The summed E-state index contributed by atoms with van der Waals surface area (Å²) in [6.07, 6.45) is 6.22. The number of carbonyl (C=O) groups is 4. The molecule has 1 aromatic carbocycles. The molecule has 13 heteroatoms. The van der Waals surface area contributed by atoms with Crippen LogP contribution in [0.2, 0.25) is 0 Å². The average molecular weight is 527 g/mol. The maximum absolute atomic E-state index is 13.3. The quantitative estimate of drug-likeness (QED) is 0.118. The number of nitrogens with one attached hydrogen (secondary N) is 5. The van der Waals surface area contributed by atoms with Crippen molar-refractivity contribution < 1.29 is 24.3 Å². The molecule has 10 N–H and O–H groups in total. The number of aromatic nitrogens is 3. The lowest BCUT2D eigenvalue weighted by Crippen LogP contribution is -2.57. The van der Waals surface area contributed by atoms with Crippen LogP contribution < -0.4 is 27.4 Å². The molecule has 204 valence electrons. The zero-order valence-corrected chi connectivity index (χ0v) is 20.9. The van der Waals surface area contributed by atoms with Crippen molar-refractivity contribution in [3.05, 3.63) is 54.2 Å². The normalized spacial score (nSPS) is 13.4. The summed E-state index contributed by atoms with van der Waals surface area (Å²) in [5.74, 6) is -3.01. The van der Waals surface area contributed by atoms with E-state index in [0.29, 0.717) is 31.5 Å². The van der Waals surface area contributed by atoms with Crippen molar-refractivity contribution in [2.24, 2.45) is 11.5 Å². The summed E-state index contributed by atoms with van der Waals surface area (Å²) in [4.78, 5) is 60.3. The molecule has 0 saturated carbocycles. The van der Waals surface area contributed by atoms with Crippen LogP contribution in [-0.2, 0) is 32.0 Å². The monoisotopic (exact) mass is 526 g/mol. The average Bonchev–Trinajstić information content (AvgIpc) is 3.57. The molecule has 0 radical (unpaired) electrons. The van der Waals surface area contributed by atoms with Crippen LogP contribution in [0.4, 0.5) is 0 Å². The summed E-state index contributed by atoms with van der Waals surface area (Å²) < 4.78 is 0. The number of benzene rings is 1. The Morgan fingerprint density at radius 3 is 2.34 bits per heavy atom. The van der Waals surface area contributed by atoms with Gasteiger partial charge in [0, 0.05) is 41.8 Å². The Hall–Kier alpha value is -4.23. The van der Waals surface area contributed by atoms with Gasteiger partial charge in [0.1, 0.15) is 18.1 Å². The first-order chi connectivity index (χ1) is 18.3. The van der Waals surface area contributed by atoms with Gasteiger partial charge in [-0.1, -0.05) is 18.2 Å². The number of unbranched alkanes of at least 4 members (excludes halogenated alkanes) is 1. The summed E-state index contributed by atoms with van der Waals surface area (Å²) >= 11 is 0. The summed E-state index contributed by atoms with van der Waals surface area (Å²) in [5, 5.41) is 18.5. The molecule has 0 aliphatic rings. The molecular weight excluding hydrogens is 492 g/mol. The first-order valence-corrected chi connectivity index (χ1v) is 12.4. The zero-order valence-electron chi connectivity index (χ0n) is 20.9. The molecule has 2 heterocycles. The molecular formula is C25H34N8O5. The van der Waals surface area contributed by atoms with Crippen molar-refractivity contribution >= 4 is 34.6 Å². The number of para-hydroxylation sites is 1. The summed E-state index contributed by atoms with van der Waals surface area (Å²) in [6.45, 7) is 0.129. The summed E-state index contributed by atoms with van der Waals surface area (Å²) in [7, 11) is 0. The lowest BCUT2D eigenvalue weighted by Gasteiger charge is -2.24. The van der Waals surface area contributed by atoms with E-state index in [-0.39, 0.29) is 19.4 Å². The molecule has 0 aliphatic carbocycles. The Kier molecular flexibility index (Phi) is 10.4. The minimum Gasteiger partial charge on any atom is -0.480 e. The van der Waals surface area contributed by atoms with E-state index in [9.17, 15) is 24.3 Å². The molecule has 3 unspecified atom stereocenters. The molecule has 3 rings (SSSR count). The van der Waals surface area contributed by atoms with Crippen LogP contribution in [-0.4, -0.2) is 75.0 Å². The highest BCUT2D eigenvalue weighted by Crippen LogP contribution is 2.19. The van der Waals surface area contributed by atoms with Gasteiger partial charge >= 0.3 is 5.97 Å². The maximum Gasteiger partial charge on any atom is 0.326 e. The Bertz CT molecular complexity index is 1230. The van der Waals surface area contributed by atoms with Crippen molar-refractivity contribution in [2.45, 2.75) is 50.2 Å². The number of carbonyl (C=O) groups excluding carboxylic acids is 3. The van der Waals surface area contributed by atoms with E-state index in [0.717, 1.165) is 16.5 Å². The molecule has 0 bridgehead atoms. The number of rotatable bonds is 15. The number of imidazole rings is 1. The van der Waals surface area contributed by atoms with E-state index in [1.807, 2.05) is 24.3 Å². The summed E-state index contributed by atoms with van der Waals surface area (Å²) in [5.41, 5.74) is 13.1. The second-order valence-corrected chi connectivity index (χ2v) is 8.91. The standard InChI is InChI=1S/C25H34N8O5/c26-8-4-3-7-19(31-22(34)11-27)23(35)32-20(10-16-13-28-14-30-16)24(36)33-21(25(37)38)9-15-12-29-18-6-2-1-5-17(15)18/h1-2,5-6,12-14,19-21,29H,3-4,7-11,26-27H2,(H,28,30)(H,31,34)(H,32,35)(H,33,36)(H,37,38). The van der Waals surface area contributed by atoms with Gasteiger partial charge in [0.15, 0.2) is 0 Å². The van der Waals surface area contributed by atoms with Crippen LogP contribution in [0.15, 0.2) is 43.0 Å². The molecule has 38 heavy (non-hydrogen) atoms. The minimum absolute atomic E-state index is 0.0252. The maximum atomic E-state index is 13.3. The van der Waals surface area contributed by atoms with Crippen molar-refractivity contribution in [1.29, 1.82) is 0 Å². The van der Waals surface area contributed by atoms with Gasteiger partial charge < -0.3 is 42.5 Å². The van der Waals surface area contributed by atoms with Crippen molar-refractivity contribution in [3.8, 4) is 0 Å². The highest BCUT2D eigenvalue weighted by molar-refractivity contribution is 5.94. The number of carboxylic acid groups (broad SMARTS) is 1. The molecule has 3 atom stereocenters. The largest absolute Gasteiger partial charge is 0.480 e. The van der Waals surface area contributed by atoms with Crippen molar-refractivity contribution in [2.75, 3.05) is 13.1 Å². The number of amides is 3. The number of hydrogen-bond donors (Lipinski definition) is 8. The van der Waals surface area contributed by atoms with E-state index < -0.39 is 41.8 Å². The van der Waals surface area contributed by atoms with Gasteiger partial charge in [0.25, 0.3) is 0 Å². The Morgan fingerprint density at radius 1 is 0.921 bits per heavy atom. The highest BCUT2D eigenvalue weighted by atomic mass is 16.4. The first-order valence-electron chi connectivity index (χ1n) is 12.4. The van der Waals surface area contributed by atoms with Gasteiger partial charge in [0.2, 0.25) is 17.7 Å². The Labute approximate surface area is 219 Å². The fourth-order valence-electron chi connectivity index (χ4n) is 4.11. The predicted octanol–water partition coefficient (Wildman–Crippen LogP) is -0.697. The van der Waals surface area contributed by atoms with E-state index in [4.69, 9.17) is 11.5 Å². The van der Waals surface area contributed by atoms with E-state index in [2.05, 4.69) is 30.9 Å².